The lowest BCUT2D eigenvalue weighted by Crippen LogP contribution is -2.30. The van der Waals surface area contributed by atoms with Crippen molar-refractivity contribution in [1.29, 1.82) is 0 Å². The van der Waals surface area contributed by atoms with Crippen molar-refractivity contribution in [2.24, 2.45) is 17.8 Å². The Morgan fingerprint density at radius 1 is 1.00 bits per heavy atom. The van der Waals surface area contributed by atoms with Gasteiger partial charge >= 0.3 is 5.97 Å². The fourth-order valence-corrected chi connectivity index (χ4v) is 4.46. The van der Waals surface area contributed by atoms with Crippen molar-refractivity contribution >= 4 is 46.7 Å². The van der Waals surface area contributed by atoms with Gasteiger partial charge in [-0.2, -0.15) is 0 Å². The molecular formula is C24H23ClN2O5. The van der Waals surface area contributed by atoms with Crippen molar-refractivity contribution < 1.29 is 23.9 Å². The van der Waals surface area contributed by atoms with Gasteiger partial charge in [-0.25, -0.2) is 4.79 Å². The molecule has 1 aliphatic heterocycles. The molecule has 1 N–H and O–H groups in total. The van der Waals surface area contributed by atoms with E-state index in [4.69, 9.17) is 16.3 Å². The highest BCUT2D eigenvalue weighted by atomic mass is 35.5. The molecule has 4 rings (SSSR count). The highest BCUT2D eigenvalue weighted by molar-refractivity contribution is 6.30. The highest BCUT2D eigenvalue weighted by Gasteiger charge is 2.49. The summed E-state index contributed by atoms with van der Waals surface area (Å²) in [5.41, 5.74) is 1.20. The van der Waals surface area contributed by atoms with E-state index in [0.29, 0.717) is 22.3 Å². The number of fused-ring (bicyclic) bond motifs is 1. The summed E-state index contributed by atoms with van der Waals surface area (Å²) in [6.07, 6.45) is 2.41. The Labute approximate surface area is 190 Å². The quantitative estimate of drug-likeness (QED) is 0.543. The Morgan fingerprint density at radius 2 is 1.66 bits per heavy atom. The minimum atomic E-state index is -0.677. The number of nitrogens with zero attached hydrogens (tertiary/aromatic N) is 1. The summed E-state index contributed by atoms with van der Waals surface area (Å²) in [5.74, 6) is -1.56. The predicted octanol–water partition coefficient (Wildman–Crippen LogP) is 4.06. The zero-order valence-corrected chi connectivity index (χ0v) is 18.3. The molecule has 3 amide bonds. The molecule has 166 valence electrons. The standard InChI is InChI=1S/C24H23ClN2O5/c1-14-2-11-19-20(12-14)23(30)27(22(19)29)18-9-3-15(4-10-18)24(31)32-13-21(28)26-17-7-5-16(25)6-8-17/h3-10,14,19-20H,2,11-13H2,1H3,(H,26,28)/t14-,19-,20+/m1/s1. The second-order valence-corrected chi connectivity index (χ2v) is 8.76. The number of halogens is 1. The van der Waals surface area contributed by atoms with Gasteiger partial charge in [-0.1, -0.05) is 18.5 Å². The molecule has 0 radical (unpaired) electrons. The van der Waals surface area contributed by atoms with Gasteiger partial charge in [0.2, 0.25) is 11.8 Å². The van der Waals surface area contributed by atoms with E-state index in [1.807, 2.05) is 0 Å². The molecular weight excluding hydrogens is 432 g/mol. The Morgan fingerprint density at radius 3 is 2.34 bits per heavy atom. The van der Waals surface area contributed by atoms with E-state index in [9.17, 15) is 19.2 Å². The van der Waals surface area contributed by atoms with Gasteiger partial charge in [0.1, 0.15) is 0 Å². The van der Waals surface area contributed by atoms with Crippen molar-refractivity contribution in [2.75, 3.05) is 16.8 Å². The summed E-state index contributed by atoms with van der Waals surface area (Å²) in [6, 6.07) is 12.6. The van der Waals surface area contributed by atoms with Crippen molar-refractivity contribution in [3.05, 3.63) is 59.1 Å². The topological polar surface area (TPSA) is 92.8 Å². The second kappa shape index (κ2) is 9.12. The number of esters is 1. The van der Waals surface area contributed by atoms with Gasteiger partial charge in [-0.05, 0) is 73.7 Å². The van der Waals surface area contributed by atoms with Gasteiger partial charge < -0.3 is 10.1 Å². The molecule has 2 aliphatic rings. The van der Waals surface area contributed by atoms with Crippen LogP contribution in [0.25, 0.3) is 0 Å². The van der Waals surface area contributed by atoms with E-state index >= 15 is 0 Å². The zero-order chi connectivity index (χ0) is 22.8. The molecule has 0 unspecified atom stereocenters. The van der Waals surface area contributed by atoms with Crippen LogP contribution in [0.3, 0.4) is 0 Å². The van der Waals surface area contributed by atoms with Crippen LogP contribution < -0.4 is 10.2 Å². The number of benzene rings is 2. The van der Waals surface area contributed by atoms with E-state index in [2.05, 4.69) is 12.2 Å². The maximum atomic E-state index is 12.8. The third-order valence-corrected chi connectivity index (χ3v) is 6.26. The van der Waals surface area contributed by atoms with E-state index in [1.165, 1.54) is 17.0 Å². The summed E-state index contributed by atoms with van der Waals surface area (Å²) in [5, 5.41) is 3.15. The first kappa shape index (κ1) is 22.0. The smallest absolute Gasteiger partial charge is 0.338 e. The molecule has 2 aromatic carbocycles. The van der Waals surface area contributed by atoms with Crippen LogP contribution in [0.5, 0.6) is 0 Å². The summed E-state index contributed by atoms with van der Waals surface area (Å²) < 4.78 is 5.06. The summed E-state index contributed by atoms with van der Waals surface area (Å²) >= 11 is 5.80. The van der Waals surface area contributed by atoms with Gasteiger partial charge in [-0.3, -0.25) is 19.3 Å². The number of amides is 3. The van der Waals surface area contributed by atoms with Crippen LogP contribution >= 0.6 is 11.6 Å². The summed E-state index contributed by atoms with van der Waals surface area (Å²) in [7, 11) is 0. The molecule has 1 saturated heterocycles. The number of nitrogens with one attached hydrogen (secondary N) is 1. The van der Waals surface area contributed by atoms with Crippen LogP contribution in [0.4, 0.5) is 11.4 Å². The molecule has 1 saturated carbocycles. The monoisotopic (exact) mass is 454 g/mol. The first-order valence-corrected chi connectivity index (χ1v) is 10.9. The average Bonchev–Trinajstić information content (AvgIpc) is 3.03. The van der Waals surface area contributed by atoms with E-state index in [1.54, 1.807) is 36.4 Å². The van der Waals surface area contributed by atoms with Crippen molar-refractivity contribution in [3.63, 3.8) is 0 Å². The largest absolute Gasteiger partial charge is 0.452 e. The Balaban J connectivity index is 1.35. The number of anilines is 2. The van der Waals surface area contributed by atoms with Gasteiger partial charge in [0, 0.05) is 10.7 Å². The molecule has 8 heteroatoms. The van der Waals surface area contributed by atoms with Crippen molar-refractivity contribution in [2.45, 2.75) is 26.2 Å². The van der Waals surface area contributed by atoms with Gasteiger partial charge in [0.15, 0.2) is 6.61 Å². The molecule has 2 fully saturated rings. The fraction of sp³-hybridized carbons (Fsp3) is 0.333. The molecule has 2 aromatic rings. The number of hydrogen-bond donors (Lipinski definition) is 1. The Bertz CT molecular complexity index is 1050. The van der Waals surface area contributed by atoms with Crippen LogP contribution in [0.15, 0.2) is 48.5 Å². The summed E-state index contributed by atoms with van der Waals surface area (Å²) in [6.45, 7) is 1.65. The normalized spacial score (nSPS) is 22.4. The van der Waals surface area contributed by atoms with Crippen LogP contribution in [0.2, 0.25) is 5.02 Å². The number of rotatable bonds is 5. The lowest BCUT2D eigenvalue weighted by Gasteiger charge is -2.25. The minimum Gasteiger partial charge on any atom is -0.452 e. The molecule has 0 bridgehead atoms. The molecule has 1 heterocycles. The number of ether oxygens (including phenoxy) is 1. The van der Waals surface area contributed by atoms with Crippen LogP contribution in [-0.4, -0.2) is 30.3 Å². The van der Waals surface area contributed by atoms with Crippen molar-refractivity contribution in [3.8, 4) is 0 Å². The lowest BCUT2D eigenvalue weighted by molar-refractivity contribution is -0.122. The SMILES string of the molecule is C[C@@H]1CC[C@H]2C(=O)N(c3ccc(C(=O)OCC(=O)Nc4ccc(Cl)cc4)cc3)C(=O)[C@H]2C1. The molecule has 0 spiro atoms. The summed E-state index contributed by atoms with van der Waals surface area (Å²) in [4.78, 5) is 51.1. The minimum absolute atomic E-state index is 0.166. The maximum Gasteiger partial charge on any atom is 0.338 e. The molecule has 3 atom stereocenters. The van der Waals surface area contributed by atoms with Crippen LogP contribution in [-0.2, 0) is 19.1 Å². The maximum absolute atomic E-state index is 12.8. The molecule has 0 aromatic heterocycles. The molecule has 32 heavy (non-hydrogen) atoms. The fourth-order valence-electron chi connectivity index (χ4n) is 4.34. The Kier molecular flexibility index (Phi) is 6.28. The van der Waals surface area contributed by atoms with Gasteiger partial charge in [0.05, 0.1) is 23.1 Å². The van der Waals surface area contributed by atoms with E-state index < -0.39 is 18.5 Å². The second-order valence-electron chi connectivity index (χ2n) is 8.32. The third kappa shape index (κ3) is 4.53. The number of imide groups is 1. The Hall–Kier alpha value is -3.19. The van der Waals surface area contributed by atoms with Crippen LogP contribution in [0, 0.1) is 17.8 Å². The number of carbonyl (C=O) groups is 4. The first-order chi connectivity index (χ1) is 15.3. The third-order valence-electron chi connectivity index (χ3n) is 6.01. The predicted molar refractivity (Wildman–Crippen MR) is 119 cm³/mol. The number of carbonyl (C=O) groups excluding carboxylic acids is 4. The van der Waals surface area contributed by atoms with E-state index in [-0.39, 0.29) is 29.2 Å². The van der Waals surface area contributed by atoms with Crippen LogP contribution in [0.1, 0.15) is 36.5 Å². The first-order valence-electron chi connectivity index (χ1n) is 10.5. The van der Waals surface area contributed by atoms with Gasteiger partial charge in [0.25, 0.3) is 5.91 Å². The van der Waals surface area contributed by atoms with Crippen molar-refractivity contribution in [1.82, 2.24) is 0 Å². The zero-order valence-electron chi connectivity index (χ0n) is 17.5. The lowest BCUT2D eigenvalue weighted by atomic mass is 9.76. The molecule has 7 nitrogen and oxygen atoms in total. The highest BCUT2D eigenvalue weighted by Crippen LogP contribution is 2.42. The number of hydrogen-bond acceptors (Lipinski definition) is 5. The average molecular weight is 455 g/mol. The van der Waals surface area contributed by atoms with Gasteiger partial charge in [-0.15, -0.1) is 0 Å². The molecule has 1 aliphatic carbocycles. The van der Waals surface area contributed by atoms with E-state index in [0.717, 1.165) is 19.3 Å².